The second-order valence-corrected chi connectivity index (χ2v) is 6.06. The first-order valence-corrected chi connectivity index (χ1v) is 7.07. The largest absolute Gasteiger partial charge is 0.302 e. The lowest BCUT2D eigenvalue weighted by molar-refractivity contribution is 0.511. The van der Waals surface area contributed by atoms with Gasteiger partial charge in [0.05, 0.1) is 11.7 Å². The molecule has 1 N–H and O–H groups in total. The molecule has 1 atom stereocenters. The van der Waals surface area contributed by atoms with E-state index in [2.05, 4.69) is 49.2 Å². The molecule has 5 heteroatoms. The Morgan fingerprint density at radius 2 is 2.17 bits per heavy atom. The Labute approximate surface area is 112 Å². The predicted octanol–water partition coefficient (Wildman–Crippen LogP) is 3.08. The maximum Gasteiger partial charge on any atom is 0.109 e. The Balaban J connectivity index is 1.90. The average molecular weight is 264 g/mol. The summed E-state index contributed by atoms with van der Waals surface area (Å²) in [5.74, 6) is 0. The highest BCUT2D eigenvalue weighted by molar-refractivity contribution is 7.11. The van der Waals surface area contributed by atoms with Crippen LogP contribution < -0.4 is 5.32 Å². The van der Waals surface area contributed by atoms with Crippen LogP contribution in [0.25, 0.3) is 0 Å². The van der Waals surface area contributed by atoms with E-state index in [-0.39, 0.29) is 6.04 Å². The summed E-state index contributed by atoms with van der Waals surface area (Å²) in [6, 6.07) is 2.75. The fourth-order valence-corrected chi connectivity index (χ4v) is 2.48. The first-order valence-electron chi connectivity index (χ1n) is 6.26. The molecular weight excluding hydrogens is 244 g/mol. The Morgan fingerprint density at radius 1 is 1.39 bits per heavy atom. The fraction of sp³-hybridized carbons (Fsp3) is 0.538. The van der Waals surface area contributed by atoms with Crippen molar-refractivity contribution < 1.29 is 0 Å². The molecule has 2 heterocycles. The van der Waals surface area contributed by atoms with Crippen LogP contribution in [0.5, 0.6) is 0 Å². The summed E-state index contributed by atoms with van der Waals surface area (Å²) in [4.78, 5) is 5.64. The van der Waals surface area contributed by atoms with Crippen LogP contribution in [-0.2, 0) is 6.54 Å². The molecule has 0 saturated heterocycles. The highest BCUT2D eigenvalue weighted by atomic mass is 32.1. The topological polar surface area (TPSA) is 42.7 Å². The third-order valence-electron chi connectivity index (χ3n) is 2.79. The number of hydrogen-bond donors (Lipinski definition) is 1. The molecule has 1 unspecified atom stereocenters. The number of thiazole rings is 1. The molecule has 98 valence electrons. The first-order chi connectivity index (χ1) is 8.56. The van der Waals surface area contributed by atoms with Gasteiger partial charge in [-0.3, -0.25) is 4.68 Å². The minimum absolute atomic E-state index is 0.271. The van der Waals surface area contributed by atoms with Gasteiger partial charge in [0.2, 0.25) is 0 Å². The lowest BCUT2D eigenvalue weighted by atomic mass is 10.3. The van der Waals surface area contributed by atoms with Crippen molar-refractivity contribution in [1.29, 1.82) is 0 Å². The van der Waals surface area contributed by atoms with E-state index in [1.165, 1.54) is 4.88 Å². The molecule has 2 aromatic heterocycles. The molecule has 0 fully saturated rings. The third-order valence-corrected chi connectivity index (χ3v) is 3.89. The van der Waals surface area contributed by atoms with Crippen molar-refractivity contribution in [2.24, 2.45) is 0 Å². The summed E-state index contributed by atoms with van der Waals surface area (Å²) < 4.78 is 1.98. The minimum Gasteiger partial charge on any atom is -0.302 e. The molecule has 0 aromatic carbocycles. The van der Waals surface area contributed by atoms with Crippen LogP contribution in [0.15, 0.2) is 18.5 Å². The van der Waals surface area contributed by atoms with Gasteiger partial charge < -0.3 is 5.32 Å². The summed E-state index contributed by atoms with van der Waals surface area (Å²) in [6.07, 6.45) is 3.95. The summed E-state index contributed by atoms with van der Waals surface area (Å²) in [7, 11) is 0. The number of nitrogens with one attached hydrogen (secondary N) is 1. The molecular formula is C13H20N4S. The minimum atomic E-state index is 0.271. The van der Waals surface area contributed by atoms with Crippen molar-refractivity contribution in [3.05, 3.63) is 34.0 Å². The van der Waals surface area contributed by atoms with Gasteiger partial charge in [0.1, 0.15) is 5.01 Å². The third kappa shape index (κ3) is 3.17. The van der Waals surface area contributed by atoms with Gasteiger partial charge in [-0.2, -0.15) is 5.10 Å². The van der Waals surface area contributed by atoms with Crippen molar-refractivity contribution in [2.45, 2.75) is 46.3 Å². The molecule has 18 heavy (non-hydrogen) atoms. The Bertz CT molecular complexity index is 501. The maximum absolute atomic E-state index is 4.52. The van der Waals surface area contributed by atoms with Gasteiger partial charge in [-0.05, 0) is 33.8 Å². The van der Waals surface area contributed by atoms with E-state index in [0.717, 1.165) is 17.2 Å². The molecule has 0 bridgehead atoms. The molecule has 4 nitrogen and oxygen atoms in total. The Morgan fingerprint density at radius 3 is 2.72 bits per heavy atom. The molecule has 0 aliphatic rings. The molecule has 0 aliphatic heterocycles. The van der Waals surface area contributed by atoms with Crippen LogP contribution >= 0.6 is 11.3 Å². The van der Waals surface area contributed by atoms with E-state index >= 15 is 0 Å². The smallest absolute Gasteiger partial charge is 0.109 e. The zero-order valence-electron chi connectivity index (χ0n) is 11.3. The van der Waals surface area contributed by atoms with Crippen LogP contribution in [0.4, 0.5) is 0 Å². The normalized spacial score (nSPS) is 13.2. The molecule has 0 aliphatic carbocycles. The lowest BCUT2D eigenvalue weighted by Crippen LogP contribution is -2.18. The summed E-state index contributed by atoms with van der Waals surface area (Å²) in [5, 5.41) is 9.11. The van der Waals surface area contributed by atoms with Crippen LogP contribution in [-0.4, -0.2) is 14.8 Å². The van der Waals surface area contributed by atoms with E-state index < -0.39 is 0 Å². The van der Waals surface area contributed by atoms with E-state index in [9.17, 15) is 0 Å². The number of aryl methyl sites for hydroxylation is 1. The second kappa shape index (κ2) is 5.63. The van der Waals surface area contributed by atoms with Crippen LogP contribution in [0.1, 0.15) is 48.4 Å². The molecule has 2 aromatic rings. The second-order valence-electron chi connectivity index (χ2n) is 4.79. The van der Waals surface area contributed by atoms with Gasteiger partial charge in [-0.25, -0.2) is 4.98 Å². The highest BCUT2D eigenvalue weighted by Gasteiger charge is 2.09. The average Bonchev–Trinajstić information content (AvgIpc) is 2.94. The van der Waals surface area contributed by atoms with Crippen molar-refractivity contribution in [1.82, 2.24) is 20.1 Å². The van der Waals surface area contributed by atoms with Crippen LogP contribution in [0, 0.1) is 6.92 Å². The summed E-state index contributed by atoms with van der Waals surface area (Å²) in [6.45, 7) is 9.26. The van der Waals surface area contributed by atoms with Gasteiger partial charge in [-0.1, -0.05) is 0 Å². The quantitative estimate of drug-likeness (QED) is 0.902. The summed E-state index contributed by atoms with van der Waals surface area (Å²) in [5.41, 5.74) is 1.07. The SMILES string of the molecule is Cc1cnc(C(C)NCc2ccn(C(C)C)n2)s1. The number of aromatic nitrogens is 3. The Kier molecular flexibility index (Phi) is 4.14. The van der Waals surface area contributed by atoms with Crippen LogP contribution in [0.2, 0.25) is 0 Å². The fourth-order valence-electron chi connectivity index (χ4n) is 1.68. The standard InChI is InChI=1S/C13H20N4S/c1-9(2)17-6-5-12(16-17)8-14-11(4)13-15-7-10(3)18-13/h5-7,9,11,14H,8H2,1-4H3. The van der Waals surface area contributed by atoms with Gasteiger partial charge in [0.25, 0.3) is 0 Å². The van der Waals surface area contributed by atoms with Crippen molar-refractivity contribution in [3.8, 4) is 0 Å². The van der Waals surface area contributed by atoms with Gasteiger partial charge in [-0.15, -0.1) is 11.3 Å². The van der Waals surface area contributed by atoms with E-state index in [1.807, 2.05) is 17.1 Å². The van der Waals surface area contributed by atoms with Crippen molar-refractivity contribution in [2.75, 3.05) is 0 Å². The van der Waals surface area contributed by atoms with Gasteiger partial charge >= 0.3 is 0 Å². The first kappa shape index (κ1) is 13.2. The van der Waals surface area contributed by atoms with E-state index in [0.29, 0.717) is 6.04 Å². The maximum atomic E-state index is 4.52. The van der Waals surface area contributed by atoms with Gasteiger partial charge in [0, 0.05) is 29.9 Å². The molecule has 2 rings (SSSR count). The molecule has 0 amide bonds. The Hall–Kier alpha value is -1.20. The van der Waals surface area contributed by atoms with Crippen LogP contribution in [0.3, 0.4) is 0 Å². The van der Waals surface area contributed by atoms with Gasteiger partial charge in [0.15, 0.2) is 0 Å². The number of nitrogens with zero attached hydrogens (tertiary/aromatic N) is 3. The lowest BCUT2D eigenvalue weighted by Gasteiger charge is -2.09. The molecule has 0 radical (unpaired) electrons. The van der Waals surface area contributed by atoms with E-state index in [4.69, 9.17) is 0 Å². The molecule has 0 spiro atoms. The molecule has 0 saturated carbocycles. The zero-order valence-corrected chi connectivity index (χ0v) is 12.2. The predicted molar refractivity (Wildman–Crippen MR) is 74.7 cm³/mol. The monoisotopic (exact) mass is 264 g/mol. The van der Waals surface area contributed by atoms with Crippen molar-refractivity contribution >= 4 is 11.3 Å². The highest BCUT2D eigenvalue weighted by Crippen LogP contribution is 2.19. The number of rotatable bonds is 5. The number of hydrogen-bond acceptors (Lipinski definition) is 4. The summed E-state index contributed by atoms with van der Waals surface area (Å²) >= 11 is 1.74. The zero-order chi connectivity index (χ0) is 13.1. The van der Waals surface area contributed by atoms with E-state index in [1.54, 1.807) is 11.3 Å². The van der Waals surface area contributed by atoms with Crippen molar-refractivity contribution in [3.63, 3.8) is 0 Å².